The smallest absolute Gasteiger partial charge is 0.326 e. The van der Waals surface area contributed by atoms with E-state index in [2.05, 4.69) is 17.2 Å². The highest BCUT2D eigenvalue weighted by Crippen LogP contribution is 2.19. The molecule has 0 aliphatic rings. The first-order chi connectivity index (χ1) is 11.6. The number of unbranched alkanes of at least 4 members (excludes halogenated alkanes) is 2. The number of aromatic nitrogens is 1. The fraction of sp³-hybridized carbons (Fsp3) is 0.444. The van der Waals surface area contributed by atoms with E-state index in [1.807, 2.05) is 24.3 Å². The zero-order chi connectivity index (χ0) is 17.4. The number of fused-ring (bicyclic) bond motifs is 1. The lowest BCUT2D eigenvalue weighted by atomic mass is 10.1. The molecule has 1 amide bonds. The Morgan fingerprint density at radius 3 is 2.83 bits per heavy atom. The second-order valence-electron chi connectivity index (χ2n) is 5.78. The normalized spacial score (nSPS) is 12.2. The van der Waals surface area contributed by atoms with Gasteiger partial charge in [-0.3, -0.25) is 4.79 Å². The van der Waals surface area contributed by atoms with Crippen LogP contribution in [0.25, 0.3) is 10.9 Å². The van der Waals surface area contributed by atoms with E-state index < -0.39 is 17.9 Å². The number of carboxylic acid groups (broad SMARTS) is 1. The Kier molecular flexibility index (Phi) is 6.81. The van der Waals surface area contributed by atoms with Crippen molar-refractivity contribution in [3.63, 3.8) is 0 Å². The van der Waals surface area contributed by atoms with Gasteiger partial charge in [-0.15, -0.1) is 0 Å². The van der Waals surface area contributed by atoms with Gasteiger partial charge in [-0.2, -0.15) is 0 Å². The molecule has 6 nitrogen and oxygen atoms in total. The summed E-state index contributed by atoms with van der Waals surface area (Å²) < 4.78 is 5.27. The van der Waals surface area contributed by atoms with Crippen LogP contribution in [-0.4, -0.2) is 41.2 Å². The molecule has 0 saturated carbocycles. The molecule has 1 aromatic carbocycles. The molecule has 2 rings (SSSR count). The monoisotopic (exact) mass is 332 g/mol. The maximum absolute atomic E-state index is 11.9. The van der Waals surface area contributed by atoms with Crippen molar-refractivity contribution in [2.24, 2.45) is 0 Å². The van der Waals surface area contributed by atoms with Crippen molar-refractivity contribution in [1.82, 2.24) is 10.3 Å². The molecular weight excluding hydrogens is 308 g/mol. The molecule has 2 aromatic rings. The van der Waals surface area contributed by atoms with Gasteiger partial charge in [0.25, 0.3) is 0 Å². The van der Waals surface area contributed by atoms with Crippen molar-refractivity contribution in [3.05, 3.63) is 36.0 Å². The first-order valence-electron chi connectivity index (χ1n) is 8.26. The number of hydrogen-bond acceptors (Lipinski definition) is 3. The summed E-state index contributed by atoms with van der Waals surface area (Å²) in [6, 6.07) is 6.69. The van der Waals surface area contributed by atoms with Gasteiger partial charge in [0.15, 0.2) is 0 Å². The number of benzene rings is 1. The van der Waals surface area contributed by atoms with Crippen molar-refractivity contribution in [1.29, 1.82) is 0 Å². The number of amides is 1. The van der Waals surface area contributed by atoms with E-state index in [4.69, 9.17) is 4.74 Å². The summed E-state index contributed by atoms with van der Waals surface area (Å²) in [7, 11) is 0. The molecule has 0 bridgehead atoms. The highest BCUT2D eigenvalue weighted by atomic mass is 16.5. The molecule has 24 heavy (non-hydrogen) atoms. The number of carbonyl (C=O) groups is 2. The number of carbonyl (C=O) groups excluding carboxylic acids is 1. The predicted molar refractivity (Wildman–Crippen MR) is 91.9 cm³/mol. The average molecular weight is 332 g/mol. The van der Waals surface area contributed by atoms with E-state index in [1.165, 1.54) is 0 Å². The SMILES string of the molecule is CCCCCOCC(=O)NC(Cc1c[nH]c2ccccc12)C(=O)O. The predicted octanol–water partition coefficient (Wildman–Crippen LogP) is 2.49. The molecule has 0 spiro atoms. The number of aliphatic carboxylic acids is 1. The maximum atomic E-state index is 11.9. The largest absolute Gasteiger partial charge is 0.480 e. The summed E-state index contributed by atoms with van der Waals surface area (Å²) >= 11 is 0. The van der Waals surface area contributed by atoms with Crippen molar-refractivity contribution in [3.8, 4) is 0 Å². The molecular formula is C18H24N2O4. The topological polar surface area (TPSA) is 91.4 Å². The molecule has 130 valence electrons. The van der Waals surface area contributed by atoms with E-state index >= 15 is 0 Å². The van der Waals surface area contributed by atoms with Crippen LogP contribution in [0.3, 0.4) is 0 Å². The highest BCUT2D eigenvalue weighted by molar-refractivity contribution is 5.87. The first kappa shape index (κ1) is 18.0. The van der Waals surface area contributed by atoms with E-state index in [1.54, 1.807) is 6.20 Å². The van der Waals surface area contributed by atoms with Crippen molar-refractivity contribution < 1.29 is 19.4 Å². The third kappa shape index (κ3) is 5.09. The second kappa shape index (κ2) is 9.08. The van der Waals surface area contributed by atoms with Crippen LogP contribution in [0.15, 0.2) is 30.5 Å². The number of hydrogen-bond donors (Lipinski definition) is 3. The van der Waals surface area contributed by atoms with Crippen LogP contribution >= 0.6 is 0 Å². The molecule has 0 fully saturated rings. The van der Waals surface area contributed by atoms with Gasteiger partial charge in [0.2, 0.25) is 5.91 Å². The minimum Gasteiger partial charge on any atom is -0.480 e. The van der Waals surface area contributed by atoms with Crippen LogP contribution in [0.2, 0.25) is 0 Å². The summed E-state index contributed by atoms with van der Waals surface area (Å²) in [5, 5.41) is 12.9. The number of H-pyrrole nitrogens is 1. The number of rotatable bonds is 10. The standard InChI is InChI=1S/C18H24N2O4/c1-2-3-6-9-24-12-17(21)20-16(18(22)23)10-13-11-19-15-8-5-4-7-14(13)15/h4-5,7-8,11,16,19H,2-3,6,9-10,12H2,1H3,(H,20,21)(H,22,23). The number of ether oxygens (including phenoxy) is 1. The molecule has 6 heteroatoms. The summed E-state index contributed by atoms with van der Waals surface area (Å²) in [6.45, 7) is 2.50. The van der Waals surface area contributed by atoms with Crippen LogP contribution in [0.5, 0.6) is 0 Å². The molecule has 0 aliphatic carbocycles. The van der Waals surface area contributed by atoms with Gasteiger partial charge in [-0.05, 0) is 18.1 Å². The van der Waals surface area contributed by atoms with Gasteiger partial charge < -0.3 is 20.1 Å². The molecule has 1 atom stereocenters. The van der Waals surface area contributed by atoms with E-state index in [9.17, 15) is 14.7 Å². The third-order valence-electron chi connectivity index (χ3n) is 3.86. The van der Waals surface area contributed by atoms with Crippen molar-refractivity contribution in [2.45, 2.75) is 38.6 Å². The van der Waals surface area contributed by atoms with Gasteiger partial charge in [0.1, 0.15) is 12.6 Å². The average Bonchev–Trinajstić information content (AvgIpc) is 2.97. The van der Waals surface area contributed by atoms with Crippen molar-refractivity contribution >= 4 is 22.8 Å². The van der Waals surface area contributed by atoms with Crippen LogP contribution in [-0.2, 0) is 20.7 Å². The quantitative estimate of drug-likeness (QED) is 0.583. The molecule has 3 N–H and O–H groups in total. The van der Waals surface area contributed by atoms with E-state index in [0.717, 1.165) is 35.7 Å². The van der Waals surface area contributed by atoms with Crippen LogP contribution in [0.1, 0.15) is 31.7 Å². The lowest BCUT2D eigenvalue weighted by Gasteiger charge is -2.14. The number of carboxylic acids is 1. The van der Waals surface area contributed by atoms with Gasteiger partial charge in [0.05, 0.1) is 0 Å². The molecule has 1 unspecified atom stereocenters. The maximum Gasteiger partial charge on any atom is 0.326 e. The molecule has 1 aromatic heterocycles. The van der Waals surface area contributed by atoms with E-state index in [0.29, 0.717) is 6.61 Å². The molecule has 1 heterocycles. The second-order valence-corrected chi connectivity index (χ2v) is 5.78. The number of nitrogens with one attached hydrogen (secondary N) is 2. The lowest BCUT2D eigenvalue weighted by Crippen LogP contribution is -2.43. The van der Waals surface area contributed by atoms with Crippen LogP contribution in [0.4, 0.5) is 0 Å². The zero-order valence-electron chi connectivity index (χ0n) is 13.9. The minimum absolute atomic E-state index is 0.110. The number of aromatic amines is 1. The summed E-state index contributed by atoms with van der Waals surface area (Å²) in [5.41, 5.74) is 1.81. The Morgan fingerprint density at radius 2 is 2.08 bits per heavy atom. The van der Waals surface area contributed by atoms with Gasteiger partial charge in [-0.1, -0.05) is 38.0 Å². The Labute approximate surface area is 141 Å². The zero-order valence-corrected chi connectivity index (χ0v) is 13.9. The summed E-state index contributed by atoms with van der Waals surface area (Å²) in [5.74, 6) is -1.46. The third-order valence-corrected chi connectivity index (χ3v) is 3.86. The number of para-hydroxylation sites is 1. The van der Waals surface area contributed by atoms with Crippen LogP contribution in [0, 0.1) is 0 Å². The fourth-order valence-electron chi connectivity index (χ4n) is 2.58. The van der Waals surface area contributed by atoms with Crippen LogP contribution < -0.4 is 5.32 Å². The van der Waals surface area contributed by atoms with Gasteiger partial charge in [-0.25, -0.2) is 4.79 Å². The summed E-state index contributed by atoms with van der Waals surface area (Å²) in [6.07, 6.45) is 5.05. The molecule has 0 saturated heterocycles. The summed E-state index contributed by atoms with van der Waals surface area (Å²) in [4.78, 5) is 26.4. The lowest BCUT2D eigenvalue weighted by molar-refractivity contribution is -0.142. The van der Waals surface area contributed by atoms with E-state index in [-0.39, 0.29) is 13.0 Å². The minimum atomic E-state index is -1.06. The van der Waals surface area contributed by atoms with Gasteiger partial charge in [0, 0.05) is 30.1 Å². The Morgan fingerprint density at radius 1 is 1.29 bits per heavy atom. The van der Waals surface area contributed by atoms with Gasteiger partial charge >= 0.3 is 5.97 Å². The first-order valence-corrected chi connectivity index (χ1v) is 8.26. The Balaban J connectivity index is 1.90. The fourth-order valence-corrected chi connectivity index (χ4v) is 2.58. The molecule has 0 aliphatic heterocycles. The molecule has 0 radical (unpaired) electrons. The highest BCUT2D eigenvalue weighted by Gasteiger charge is 2.21. The van der Waals surface area contributed by atoms with Crippen molar-refractivity contribution in [2.75, 3.05) is 13.2 Å². The Bertz CT molecular complexity index is 680. The Hall–Kier alpha value is -2.34.